The van der Waals surface area contributed by atoms with Crippen LogP contribution in [0.5, 0.6) is 0 Å². The quantitative estimate of drug-likeness (QED) is 0.868. The van der Waals surface area contributed by atoms with Crippen molar-refractivity contribution in [3.8, 4) is 6.07 Å². The van der Waals surface area contributed by atoms with Crippen LogP contribution in [0.4, 0.5) is 11.6 Å². The zero-order chi connectivity index (χ0) is 18.4. The molecule has 0 spiro atoms. The first-order chi connectivity index (χ1) is 12.7. The monoisotopic (exact) mass is 370 g/mol. The third kappa shape index (κ3) is 4.41. The Labute approximate surface area is 157 Å². The molecule has 7 nitrogen and oxygen atoms in total. The van der Waals surface area contributed by atoms with Crippen molar-refractivity contribution in [2.45, 2.75) is 6.42 Å². The van der Waals surface area contributed by atoms with E-state index in [-0.39, 0.29) is 5.91 Å². The molecule has 0 radical (unpaired) electrons. The van der Waals surface area contributed by atoms with Gasteiger partial charge in [0.2, 0.25) is 11.9 Å². The highest BCUT2D eigenvalue weighted by Gasteiger charge is 2.21. The fraction of sp³-hybridized carbons (Fsp3) is 0.333. The topological polar surface area (TPSA) is 85.2 Å². The van der Waals surface area contributed by atoms with Crippen LogP contribution in [-0.4, -0.2) is 53.5 Å². The molecular formula is C18H19ClN6O. The number of hydrogen-bond donors (Lipinski definition) is 1. The van der Waals surface area contributed by atoms with Gasteiger partial charge in [-0.1, -0.05) is 11.6 Å². The predicted molar refractivity (Wildman–Crippen MR) is 100 cm³/mol. The van der Waals surface area contributed by atoms with E-state index in [4.69, 9.17) is 16.9 Å². The number of anilines is 2. The van der Waals surface area contributed by atoms with E-state index in [1.165, 1.54) is 0 Å². The van der Waals surface area contributed by atoms with Gasteiger partial charge in [-0.3, -0.25) is 4.79 Å². The Bertz CT molecular complexity index is 799. The highest BCUT2D eigenvalue weighted by Crippen LogP contribution is 2.20. The molecule has 26 heavy (non-hydrogen) atoms. The molecule has 0 unspecified atom stereocenters. The number of carbonyl (C=O) groups is 1. The number of amides is 1. The Morgan fingerprint density at radius 3 is 2.62 bits per heavy atom. The van der Waals surface area contributed by atoms with Gasteiger partial charge in [0.15, 0.2) is 0 Å². The fourth-order valence-electron chi connectivity index (χ4n) is 2.80. The molecule has 1 aliphatic rings. The van der Waals surface area contributed by atoms with Crippen LogP contribution in [-0.2, 0) is 4.79 Å². The van der Waals surface area contributed by atoms with Crippen molar-refractivity contribution >= 4 is 29.1 Å². The molecule has 1 aliphatic heterocycles. The van der Waals surface area contributed by atoms with Crippen molar-refractivity contribution in [2.75, 3.05) is 42.9 Å². The number of hydrogen-bond acceptors (Lipinski definition) is 6. The Morgan fingerprint density at radius 1 is 1.23 bits per heavy atom. The molecule has 0 atom stereocenters. The first-order valence-corrected chi connectivity index (χ1v) is 8.78. The van der Waals surface area contributed by atoms with Gasteiger partial charge < -0.3 is 15.1 Å². The molecule has 2 heterocycles. The van der Waals surface area contributed by atoms with Crippen molar-refractivity contribution in [1.29, 1.82) is 5.26 Å². The van der Waals surface area contributed by atoms with Crippen LogP contribution in [0, 0.1) is 11.3 Å². The smallest absolute Gasteiger partial charge is 0.225 e. The maximum absolute atomic E-state index is 12.4. The predicted octanol–water partition coefficient (Wildman–Crippen LogP) is 2.15. The highest BCUT2D eigenvalue weighted by atomic mass is 35.5. The molecule has 1 fully saturated rings. The van der Waals surface area contributed by atoms with Gasteiger partial charge in [0.1, 0.15) is 6.07 Å². The number of nitriles is 1. The molecule has 1 aromatic carbocycles. The summed E-state index contributed by atoms with van der Waals surface area (Å²) < 4.78 is 0. The number of nitrogens with zero attached hydrogens (tertiary/aromatic N) is 5. The Balaban J connectivity index is 1.43. The number of carbonyl (C=O) groups excluding carboxylic acids is 1. The second kappa shape index (κ2) is 8.50. The largest absolute Gasteiger partial charge is 0.384 e. The number of halogens is 1. The molecule has 0 bridgehead atoms. The average molecular weight is 371 g/mol. The first kappa shape index (κ1) is 18.0. The van der Waals surface area contributed by atoms with Crippen LogP contribution >= 0.6 is 11.6 Å². The minimum absolute atomic E-state index is 0.117. The molecule has 2 aromatic rings. The Kier molecular flexibility index (Phi) is 5.87. The maximum atomic E-state index is 12.4. The van der Waals surface area contributed by atoms with Crippen LogP contribution in [0.3, 0.4) is 0 Å². The lowest BCUT2D eigenvalue weighted by Crippen LogP contribution is -2.49. The fourth-order valence-corrected chi connectivity index (χ4v) is 3.02. The van der Waals surface area contributed by atoms with Gasteiger partial charge in [-0.2, -0.15) is 5.26 Å². The van der Waals surface area contributed by atoms with E-state index < -0.39 is 0 Å². The third-order valence-corrected chi connectivity index (χ3v) is 4.54. The van der Waals surface area contributed by atoms with Gasteiger partial charge in [0.05, 0.1) is 10.6 Å². The summed E-state index contributed by atoms with van der Waals surface area (Å²) in [5.74, 6) is 0.824. The number of aromatic nitrogens is 2. The van der Waals surface area contributed by atoms with Crippen molar-refractivity contribution < 1.29 is 4.79 Å². The summed E-state index contributed by atoms with van der Waals surface area (Å²) in [6.45, 7) is 3.31. The summed E-state index contributed by atoms with van der Waals surface area (Å²) in [5, 5.41) is 12.5. The lowest BCUT2D eigenvalue weighted by atomic mass is 10.2. The summed E-state index contributed by atoms with van der Waals surface area (Å²) in [7, 11) is 0. The van der Waals surface area contributed by atoms with Crippen LogP contribution in [0.2, 0.25) is 5.02 Å². The molecule has 1 saturated heterocycles. The number of nitrogens with one attached hydrogen (secondary N) is 1. The standard InChI is InChI=1S/C18H19ClN6O/c19-16-12-15(3-2-14(16)13-20)21-7-4-17(26)24-8-10-25(11-9-24)18-22-5-1-6-23-18/h1-3,5-6,12,21H,4,7-11H2. The Hall–Kier alpha value is -2.85. The molecule has 8 heteroatoms. The average Bonchev–Trinajstić information content (AvgIpc) is 2.69. The van der Waals surface area contributed by atoms with Crippen molar-refractivity contribution in [2.24, 2.45) is 0 Å². The van der Waals surface area contributed by atoms with Crippen LogP contribution in [0.1, 0.15) is 12.0 Å². The van der Waals surface area contributed by atoms with E-state index in [9.17, 15) is 4.79 Å². The Morgan fingerprint density at radius 2 is 1.96 bits per heavy atom. The summed E-state index contributed by atoms with van der Waals surface area (Å²) in [4.78, 5) is 24.8. The van der Waals surface area contributed by atoms with Gasteiger partial charge >= 0.3 is 0 Å². The molecule has 1 N–H and O–H groups in total. The molecule has 1 aromatic heterocycles. The zero-order valence-electron chi connectivity index (χ0n) is 14.2. The molecular weight excluding hydrogens is 352 g/mol. The maximum Gasteiger partial charge on any atom is 0.225 e. The van der Waals surface area contributed by atoms with E-state index in [1.807, 2.05) is 11.0 Å². The second-order valence-electron chi connectivity index (χ2n) is 5.90. The molecule has 1 amide bonds. The van der Waals surface area contributed by atoms with E-state index in [0.717, 1.165) is 18.8 Å². The SMILES string of the molecule is N#Cc1ccc(NCCC(=O)N2CCN(c3ncccn3)CC2)cc1Cl. The van der Waals surface area contributed by atoms with Crippen LogP contribution in [0.25, 0.3) is 0 Å². The molecule has 3 rings (SSSR count). The van der Waals surface area contributed by atoms with Gasteiger partial charge in [-0.05, 0) is 24.3 Å². The van der Waals surface area contributed by atoms with Crippen LogP contribution in [0.15, 0.2) is 36.7 Å². The van der Waals surface area contributed by atoms with Crippen molar-refractivity contribution in [3.05, 3.63) is 47.2 Å². The van der Waals surface area contributed by atoms with Crippen molar-refractivity contribution in [1.82, 2.24) is 14.9 Å². The minimum Gasteiger partial charge on any atom is -0.384 e. The lowest BCUT2D eigenvalue weighted by molar-refractivity contribution is -0.131. The molecule has 0 saturated carbocycles. The van der Waals surface area contributed by atoms with E-state index in [0.29, 0.717) is 42.6 Å². The molecule has 0 aliphatic carbocycles. The number of rotatable bonds is 5. The van der Waals surface area contributed by atoms with E-state index in [2.05, 4.69) is 20.2 Å². The van der Waals surface area contributed by atoms with Gasteiger partial charge in [-0.25, -0.2) is 9.97 Å². The highest BCUT2D eigenvalue weighted by molar-refractivity contribution is 6.32. The van der Waals surface area contributed by atoms with E-state index in [1.54, 1.807) is 36.7 Å². The summed E-state index contributed by atoms with van der Waals surface area (Å²) in [6.07, 6.45) is 3.85. The molecule has 134 valence electrons. The van der Waals surface area contributed by atoms with Gasteiger partial charge in [0.25, 0.3) is 0 Å². The van der Waals surface area contributed by atoms with Gasteiger partial charge in [0, 0.05) is 57.2 Å². The minimum atomic E-state index is 0.117. The lowest BCUT2D eigenvalue weighted by Gasteiger charge is -2.34. The normalized spacial score (nSPS) is 14.0. The van der Waals surface area contributed by atoms with E-state index >= 15 is 0 Å². The number of benzene rings is 1. The number of piperazine rings is 1. The second-order valence-corrected chi connectivity index (χ2v) is 6.31. The summed E-state index contributed by atoms with van der Waals surface area (Å²) in [6, 6.07) is 8.96. The zero-order valence-corrected chi connectivity index (χ0v) is 15.0. The van der Waals surface area contributed by atoms with Crippen molar-refractivity contribution in [3.63, 3.8) is 0 Å². The van der Waals surface area contributed by atoms with Gasteiger partial charge in [-0.15, -0.1) is 0 Å². The summed E-state index contributed by atoms with van der Waals surface area (Å²) >= 11 is 6.00. The first-order valence-electron chi connectivity index (χ1n) is 8.40. The summed E-state index contributed by atoms with van der Waals surface area (Å²) in [5.41, 5.74) is 1.24. The third-order valence-electron chi connectivity index (χ3n) is 4.22. The van der Waals surface area contributed by atoms with Crippen LogP contribution < -0.4 is 10.2 Å².